The smallest absolute Gasteiger partial charge is 1.00 e. The average molecular weight is 258 g/mol. The quantitative estimate of drug-likeness (QED) is 0.479. The van der Waals surface area contributed by atoms with Crippen LogP contribution < -0.4 is 21.1 Å². The Hall–Kier alpha value is 0.183. The third kappa shape index (κ3) is 2.43. The predicted molar refractivity (Wildman–Crippen MR) is 26.0 cm³/mol. The molecule has 0 amide bonds. The zero-order valence-electron chi connectivity index (χ0n) is 5.07. The molecule has 1 aromatic rings. The standard InChI is InChI=1S/C6H3F2.BrH.Zn/c7-5-2-1-3-6(8)4-5;;/h1-2,4H;1H;/q;;+1/p-1. The first kappa shape index (κ1) is 10.2. The molecule has 0 saturated heterocycles. The van der Waals surface area contributed by atoms with Gasteiger partial charge in [0.15, 0.2) is 0 Å². The molecule has 1 aromatic carbocycles. The fraction of sp³-hybridized carbons (Fsp3) is 0. The first-order valence-electron chi connectivity index (χ1n) is 2.47. The maximum atomic E-state index is 12.4. The number of benzene rings is 1. The summed E-state index contributed by atoms with van der Waals surface area (Å²) in [5, 5.41) is 0. The third-order valence-corrected chi connectivity index (χ3v) is 2.22. The van der Waals surface area contributed by atoms with Gasteiger partial charge in [-0.2, -0.15) is 0 Å². The van der Waals surface area contributed by atoms with Crippen LogP contribution in [0.5, 0.6) is 0 Å². The molecule has 1 rings (SSSR count). The molecule has 0 N–H and O–H groups in total. The van der Waals surface area contributed by atoms with Gasteiger partial charge in [-0.15, -0.1) is 0 Å². The molecule has 0 radical (unpaired) electrons. The molecular weight excluding hydrogens is 255 g/mol. The maximum Gasteiger partial charge on any atom is -1.00 e. The molecule has 0 heterocycles. The topological polar surface area (TPSA) is 0 Å². The van der Waals surface area contributed by atoms with Crippen molar-refractivity contribution in [1.29, 1.82) is 0 Å². The summed E-state index contributed by atoms with van der Waals surface area (Å²) >= 11 is 0.728. The van der Waals surface area contributed by atoms with Crippen molar-refractivity contribution in [3.8, 4) is 0 Å². The van der Waals surface area contributed by atoms with E-state index in [2.05, 4.69) is 0 Å². The van der Waals surface area contributed by atoms with Crippen molar-refractivity contribution < 1.29 is 44.1 Å². The van der Waals surface area contributed by atoms with Gasteiger partial charge in [-0.1, -0.05) is 0 Å². The summed E-state index contributed by atoms with van der Waals surface area (Å²) in [5.41, 5.74) is 0. The molecule has 4 heteroatoms. The van der Waals surface area contributed by atoms with E-state index in [0.29, 0.717) is 4.16 Å². The Morgan fingerprint density at radius 1 is 1.20 bits per heavy atom. The number of halogens is 3. The third-order valence-electron chi connectivity index (χ3n) is 1.02. The van der Waals surface area contributed by atoms with Crippen molar-refractivity contribution in [3.63, 3.8) is 0 Å². The first-order valence-corrected chi connectivity index (χ1v) is 3.95. The van der Waals surface area contributed by atoms with E-state index < -0.39 is 11.6 Å². The molecule has 0 fully saturated rings. The molecule has 10 heavy (non-hydrogen) atoms. The van der Waals surface area contributed by atoms with Gasteiger partial charge >= 0.3 is 61.1 Å². The Balaban J connectivity index is 0.000000810. The van der Waals surface area contributed by atoms with Gasteiger partial charge in [0.1, 0.15) is 0 Å². The molecular formula is C6H3BrF2Zn. The Labute approximate surface area is 78.1 Å². The summed E-state index contributed by atoms with van der Waals surface area (Å²) < 4.78 is 25.1. The summed E-state index contributed by atoms with van der Waals surface area (Å²) in [6, 6.07) is 3.63. The van der Waals surface area contributed by atoms with Crippen LogP contribution in [0.4, 0.5) is 8.78 Å². The Bertz CT molecular complexity index is 227. The molecule has 0 aliphatic rings. The van der Waals surface area contributed by atoms with Crippen molar-refractivity contribution in [2.24, 2.45) is 0 Å². The molecule has 0 aromatic heterocycles. The summed E-state index contributed by atoms with van der Waals surface area (Å²) in [6.45, 7) is 0. The summed E-state index contributed by atoms with van der Waals surface area (Å²) in [6.07, 6.45) is 0. The van der Waals surface area contributed by atoms with E-state index in [4.69, 9.17) is 0 Å². The number of hydrogen-bond donors (Lipinski definition) is 0. The minimum Gasteiger partial charge on any atom is -1.00 e. The van der Waals surface area contributed by atoms with E-state index >= 15 is 0 Å². The van der Waals surface area contributed by atoms with Crippen molar-refractivity contribution in [2.75, 3.05) is 0 Å². The fourth-order valence-electron chi connectivity index (χ4n) is 0.522. The molecule has 50 valence electrons. The van der Waals surface area contributed by atoms with E-state index in [1.54, 1.807) is 0 Å². The van der Waals surface area contributed by atoms with Crippen LogP contribution in [0.3, 0.4) is 0 Å². The van der Waals surface area contributed by atoms with E-state index in [0.717, 1.165) is 24.4 Å². The van der Waals surface area contributed by atoms with Gasteiger partial charge in [-0.25, -0.2) is 0 Å². The second-order valence-electron chi connectivity index (χ2n) is 1.74. The van der Waals surface area contributed by atoms with Crippen molar-refractivity contribution in [1.82, 2.24) is 0 Å². The number of rotatable bonds is 0. The summed E-state index contributed by atoms with van der Waals surface area (Å²) in [4.78, 5) is 0. The van der Waals surface area contributed by atoms with Crippen LogP contribution in [0.15, 0.2) is 18.2 Å². The van der Waals surface area contributed by atoms with Gasteiger partial charge in [0, 0.05) is 0 Å². The molecule has 0 spiro atoms. The number of hydrogen-bond acceptors (Lipinski definition) is 0. The molecule has 0 bridgehead atoms. The Kier molecular flexibility index (Phi) is 4.22. The average Bonchev–Trinajstić information content (AvgIpc) is 1.80. The van der Waals surface area contributed by atoms with Crippen LogP contribution in [0.2, 0.25) is 0 Å². The zero-order chi connectivity index (χ0) is 6.85. The molecule has 0 nitrogen and oxygen atoms in total. The summed E-state index contributed by atoms with van der Waals surface area (Å²) in [7, 11) is 0. The van der Waals surface area contributed by atoms with Crippen molar-refractivity contribution in [2.45, 2.75) is 0 Å². The van der Waals surface area contributed by atoms with Crippen LogP contribution in [-0.2, 0) is 18.3 Å². The molecule has 0 atom stereocenters. The largest absolute Gasteiger partial charge is 1.00 e. The second kappa shape index (κ2) is 4.14. The molecule has 0 unspecified atom stereocenters. The predicted octanol–water partition coefficient (Wildman–Crippen LogP) is -1.86. The first-order chi connectivity index (χ1) is 4.20. The molecule has 0 aliphatic heterocycles. The molecule has 0 aliphatic carbocycles. The second-order valence-corrected chi connectivity index (χ2v) is 3.33. The normalized spacial score (nSPS) is 8.80. The molecule has 0 saturated carbocycles. The minimum atomic E-state index is -0.510. The maximum absolute atomic E-state index is 12.4. The zero-order valence-corrected chi connectivity index (χ0v) is 9.63. The fourth-order valence-corrected chi connectivity index (χ4v) is 0.983. The van der Waals surface area contributed by atoms with Crippen LogP contribution in [0, 0.1) is 11.6 Å². The van der Waals surface area contributed by atoms with Gasteiger partial charge in [-0.3, -0.25) is 0 Å². The van der Waals surface area contributed by atoms with Gasteiger partial charge in [0.05, 0.1) is 0 Å². The van der Waals surface area contributed by atoms with Crippen LogP contribution >= 0.6 is 0 Å². The van der Waals surface area contributed by atoms with Gasteiger partial charge in [0.25, 0.3) is 0 Å². The van der Waals surface area contributed by atoms with E-state index in [-0.39, 0.29) is 17.0 Å². The Morgan fingerprint density at radius 2 is 1.80 bits per heavy atom. The Morgan fingerprint density at radius 3 is 2.20 bits per heavy atom. The SMILES string of the molecule is Fc1cc[c]([Zn+])c(F)c1.[Br-]. The monoisotopic (exact) mass is 256 g/mol. The van der Waals surface area contributed by atoms with E-state index in [1.807, 2.05) is 0 Å². The van der Waals surface area contributed by atoms with E-state index in [1.165, 1.54) is 12.1 Å². The van der Waals surface area contributed by atoms with Gasteiger partial charge in [-0.05, 0) is 0 Å². The van der Waals surface area contributed by atoms with Crippen LogP contribution in [0.25, 0.3) is 0 Å². The van der Waals surface area contributed by atoms with Crippen LogP contribution in [0.1, 0.15) is 0 Å². The van der Waals surface area contributed by atoms with Crippen molar-refractivity contribution in [3.05, 3.63) is 29.8 Å². The van der Waals surface area contributed by atoms with Crippen molar-refractivity contribution >= 4 is 4.16 Å². The van der Waals surface area contributed by atoms with E-state index in [9.17, 15) is 8.78 Å². The van der Waals surface area contributed by atoms with Crippen LogP contribution in [-0.4, -0.2) is 0 Å². The van der Waals surface area contributed by atoms with Gasteiger partial charge in [0.2, 0.25) is 0 Å². The minimum absolute atomic E-state index is 0. The summed E-state index contributed by atoms with van der Waals surface area (Å²) in [5.74, 6) is -0.945. The van der Waals surface area contributed by atoms with Gasteiger partial charge < -0.3 is 17.0 Å².